The predicted molar refractivity (Wildman–Crippen MR) is 68.3 cm³/mol. The molecule has 0 fully saturated rings. The van der Waals surface area contributed by atoms with Crippen LogP contribution in [0.3, 0.4) is 0 Å². The van der Waals surface area contributed by atoms with Crippen molar-refractivity contribution in [3.8, 4) is 0 Å². The zero-order valence-corrected chi connectivity index (χ0v) is 9.96. The van der Waals surface area contributed by atoms with Crippen molar-refractivity contribution >= 4 is 36.6 Å². The molecular formula is C12H8N2S2-2. The maximum Gasteiger partial charge on any atom is 0.0856 e. The van der Waals surface area contributed by atoms with Crippen molar-refractivity contribution in [3.05, 3.63) is 48.5 Å². The molecular weight excluding hydrogens is 236 g/mol. The number of nitrogens with zero attached hydrogens (tertiary/aromatic N) is 2. The lowest BCUT2D eigenvalue weighted by Gasteiger charge is -2.03. The molecule has 0 heterocycles. The van der Waals surface area contributed by atoms with Crippen LogP contribution >= 0.6 is 0 Å². The highest BCUT2D eigenvalue weighted by Crippen LogP contribution is 2.18. The zero-order chi connectivity index (χ0) is 11.4. The first kappa shape index (κ1) is 11.0. The van der Waals surface area contributed by atoms with Gasteiger partial charge in [-0.2, -0.15) is 20.0 Å². The topological polar surface area (TPSA) is 24.7 Å². The Morgan fingerprint density at radius 3 is 1.19 bits per heavy atom. The Labute approximate surface area is 105 Å². The molecule has 80 valence electrons. The number of azo groups is 1. The van der Waals surface area contributed by atoms with Gasteiger partial charge in [0.1, 0.15) is 0 Å². The molecule has 2 aromatic carbocycles. The van der Waals surface area contributed by atoms with E-state index in [9.17, 15) is 0 Å². The van der Waals surface area contributed by atoms with E-state index < -0.39 is 0 Å². The van der Waals surface area contributed by atoms with Crippen LogP contribution in [0.4, 0.5) is 11.4 Å². The highest BCUT2D eigenvalue weighted by atomic mass is 32.1. The van der Waals surface area contributed by atoms with Gasteiger partial charge in [-0.3, -0.25) is 0 Å². The van der Waals surface area contributed by atoms with E-state index >= 15 is 0 Å². The van der Waals surface area contributed by atoms with E-state index in [-0.39, 0.29) is 0 Å². The van der Waals surface area contributed by atoms with Crippen molar-refractivity contribution in [1.29, 1.82) is 0 Å². The molecule has 0 N–H and O–H groups in total. The van der Waals surface area contributed by atoms with Crippen LogP contribution in [-0.4, -0.2) is 0 Å². The first-order valence-corrected chi connectivity index (χ1v) is 5.51. The van der Waals surface area contributed by atoms with E-state index in [1.807, 2.05) is 48.5 Å². The Bertz CT molecular complexity index is 442. The summed E-state index contributed by atoms with van der Waals surface area (Å²) in [6.45, 7) is 0. The van der Waals surface area contributed by atoms with E-state index in [4.69, 9.17) is 25.3 Å². The van der Waals surface area contributed by atoms with Crippen molar-refractivity contribution < 1.29 is 0 Å². The van der Waals surface area contributed by atoms with Crippen molar-refractivity contribution in [3.63, 3.8) is 0 Å². The summed E-state index contributed by atoms with van der Waals surface area (Å²) < 4.78 is 0. The fraction of sp³-hybridized carbons (Fsp3) is 0. The summed E-state index contributed by atoms with van der Waals surface area (Å²) in [5.74, 6) is 0. The minimum absolute atomic E-state index is 0.788. The Kier molecular flexibility index (Phi) is 3.44. The van der Waals surface area contributed by atoms with E-state index in [0.29, 0.717) is 0 Å². The highest BCUT2D eigenvalue weighted by molar-refractivity contribution is 7.59. The Hall–Kier alpha value is -1.52. The zero-order valence-electron chi connectivity index (χ0n) is 8.33. The maximum absolute atomic E-state index is 4.98. The summed E-state index contributed by atoms with van der Waals surface area (Å²) >= 11 is 9.96. The van der Waals surface area contributed by atoms with Crippen molar-refractivity contribution in [2.24, 2.45) is 10.2 Å². The van der Waals surface area contributed by atoms with E-state index in [2.05, 4.69) is 10.2 Å². The standard InChI is InChI=1S/C12H10N2S2/c15-11-5-1-9(2-6-11)13-14-10-3-7-12(16)8-4-10/h1-8,15-16H/p-2. The molecule has 2 rings (SSSR count). The van der Waals surface area contributed by atoms with Crippen LogP contribution in [0.1, 0.15) is 0 Å². The average molecular weight is 244 g/mol. The maximum atomic E-state index is 4.98. The van der Waals surface area contributed by atoms with Crippen LogP contribution in [0.25, 0.3) is 0 Å². The number of hydrogen-bond acceptors (Lipinski definition) is 4. The fourth-order valence-electron chi connectivity index (χ4n) is 1.14. The van der Waals surface area contributed by atoms with Gasteiger partial charge in [-0.05, 0) is 24.3 Å². The monoisotopic (exact) mass is 244 g/mol. The molecule has 0 radical (unpaired) electrons. The molecule has 4 heteroatoms. The molecule has 2 nitrogen and oxygen atoms in total. The lowest BCUT2D eigenvalue weighted by Crippen LogP contribution is -1.69. The number of hydrogen-bond donors (Lipinski definition) is 0. The Balaban J connectivity index is 2.15. The minimum Gasteiger partial charge on any atom is -0.780 e. The molecule has 0 aromatic heterocycles. The van der Waals surface area contributed by atoms with Gasteiger partial charge in [0.15, 0.2) is 0 Å². The van der Waals surface area contributed by atoms with E-state index in [0.717, 1.165) is 21.2 Å². The van der Waals surface area contributed by atoms with Crippen LogP contribution in [-0.2, 0) is 25.3 Å². The smallest absolute Gasteiger partial charge is 0.0856 e. The first-order valence-electron chi connectivity index (χ1n) is 4.70. The van der Waals surface area contributed by atoms with Gasteiger partial charge in [0.2, 0.25) is 0 Å². The first-order chi connectivity index (χ1) is 7.74. The Morgan fingerprint density at radius 2 is 0.875 bits per heavy atom. The molecule has 0 atom stereocenters. The largest absolute Gasteiger partial charge is 0.780 e. The highest BCUT2D eigenvalue weighted by Gasteiger charge is 1.87. The second-order valence-corrected chi connectivity index (χ2v) is 4.13. The molecule has 0 saturated heterocycles. The van der Waals surface area contributed by atoms with E-state index in [1.54, 1.807) is 0 Å². The van der Waals surface area contributed by atoms with E-state index in [1.165, 1.54) is 0 Å². The second-order valence-electron chi connectivity index (χ2n) is 3.19. The molecule has 16 heavy (non-hydrogen) atoms. The molecule has 0 aliphatic heterocycles. The van der Waals surface area contributed by atoms with Gasteiger partial charge >= 0.3 is 0 Å². The third-order valence-corrected chi connectivity index (χ3v) is 2.50. The molecule has 0 spiro atoms. The normalized spacial score (nSPS) is 10.8. The summed E-state index contributed by atoms with van der Waals surface area (Å²) in [6, 6.07) is 14.7. The van der Waals surface area contributed by atoms with Crippen LogP contribution in [0, 0.1) is 0 Å². The third-order valence-electron chi connectivity index (χ3n) is 1.95. The molecule has 0 aliphatic carbocycles. The van der Waals surface area contributed by atoms with Gasteiger partial charge in [0.05, 0.1) is 11.4 Å². The molecule has 0 unspecified atom stereocenters. The molecule has 0 aliphatic rings. The summed E-state index contributed by atoms with van der Waals surface area (Å²) in [7, 11) is 0. The van der Waals surface area contributed by atoms with Crippen molar-refractivity contribution in [1.82, 2.24) is 0 Å². The second kappa shape index (κ2) is 5.01. The summed E-state index contributed by atoms with van der Waals surface area (Å²) in [5, 5.41) is 8.18. The summed E-state index contributed by atoms with van der Waals surface area (Å²) in [5.41, 5.74) is 1.58. The lowest BCUT2D eigenvalue weighted by molar-refractivity contribution is 1.22. The van der Waals surface area contributed by atoms with Crippen LogP contribution in [0.15, 0.2) is 68.6 Å². The SMILES string of the molecule is [S-]c1ccc(N=Nc2ccc([S-])cc2)cc1. The van der Waals surface area contributed by atoms with Gasteiger partial charge in [0, 0.05) is 0 Å². The summed E-state index contributed by atoms with van der Waals surface area (Å²) in [6.07, 6.45) is 0. The number of rotatable bonds is 2. The van der Waals surface area contributed by atoms with Crippen LogP contribution < -0.4 is 0 Å². The van der Waals surface area contributed by atoms with Crippen LogP contribution in [0.5, 0.6) is 0 Å². The lowest BCUT2D eigenvalue weighted by atomic mass is 10.3. The predicted octanol–water partition coefficient (Wildman–Crippen LogP) is 3.91. The average Bonchev–Trinajstić information content (AvgIpc) is 2.30. The Morgan fingerprint density at radius 1 is 0.562 bits per heavy atom. The van der Waals surface area contributed by atoms with Crippen molar-refractivity contribution in [2.45, 2.75) is 9.79 Å². The molecule has 2 aromatic rings. The summed E-state index contributed by atoms with van der Waals surface area (Å²) in [4.78, 5) is 1.60. The van der Waals surface area contributed by atoms with Crippen molar-refractivity contribution in [2.75, 3.05) is 0 Å². The minimum atomic E-state index is 0.788. The van der Waals surface area contributed by atoms with Gasteiger partial charge in [0.25, 0.3) is 0 Å². The molecule has 0 amide bonds. The molecule has 0 bridgehead atoms. The van der Waals surface area contributed by atoms with Crippen LogP contribution in [0.2, 0.25) is 0 Å². The van der Waals surface area contributed by atoms with Gasteiger partial charge in [-0.1, -0.05) is 24.3 Å². The fourth-order valence-corrected chi connectivity index (χ4v) is 1.41. The number of benzene rings is 2. The quantitative estimate of drug-likeness (QED) is 0.591. The van der Waals surface area contributed by atoms with Gasteiger partial charge in [-0.25, -0.2) is 0 Å². The third kappa shape index (κ3) is 2.98. The van der Waals surface area contributed by atoms with Gasteiger partial charge < -0.3 is 25.3 Å². The van der Waals surface area contributed by atoms with Gasteiger partial charge in [-0.15, -0.1) is 0 Å². The molecule has 0 saturated carbocycles.